The standard InChI is InChI=1S/C43H43N3O/c1-42(2,3)33-28-36(41(47)37(29-33)43(4,5)6)39-26-31(24-30-16-9-7-10-17-30)25-38(45-39)32-18-15-21-35(27-32)46(34-19-11-8-12-20-34)40-22-13-14-23-44-40/h7-23,25-29,47H,24H2,1-6H3. The molecule has 0 amide bonds. The lowest BCUT2D eigenvalue weighted by Crippen LogP contribution is -2.17. The molecule has 0 unspecified atom stereocenters. The number of para-hydroxylation sites is 1. The summed E-state index contributed by atoms with van der Waals surface area (Å²) in [5.74, 6) is 1.13. The Hall–Kier alpha value is -5.22. The first-order valence-corrected chi connectivity index (χ1v) is 16.3. The summed E-state index contributed by atoms with van der Waals surface area (Å²) in [6, 6.07) is 43.8. The quantitative estimate of drug-likeness (QED) is 0.194. The van der Waals surface area contributed by atoms with E-state index < -0.39 is 0 Å². The zero-order valence-corrected chi connectivity index (χ0v) is 28.2. The van der Waals surface area contributed by atoms with Crippen molar-refractivity contribution in [1.82, 2.24) is 9.97 Å². The van der Waals surface area contributed by atoms with Gasteiger partial charge < -0.3 is 5.11 Å². The van der Waals surface area contributed by atoms with Crippen LogP contribution >= 0.6 is 0 Å². The van der Waals surface area contributed by atoms with E-state index in [1.807, 2.05) is 48.7 Å². The van der Waals surface area contributed by atoms with E-state index in [1.165, 1.54) is 11.1 Å². The fourth-order valence-electron chi connectivity index (χ4n) is 5.92. The largest absolute Gasteiger partial charge is 0.507 e. The van der Waals surface area contributed by atoms with Crippen LogP contribution in [0.25, 0.3) is 22.5 Å². The number of hydrogen-bond acceptors (Lipinski definition) is 4. The predicted molar refractivity (Wildman–Crippen MR) is 196 cm³/mol. The van der Waals surface area contributed by atoms with Crippen LogP contribution in [0, 0.1) is 0 Å². The van der Waals surface area contributed by atoms with Crippen molar-refractivity contribution in [3.63, 3.8) is 0 Å². The fourth-order valence-corrected chi connectivity index (χ4v) is 5.92. The van der Waals surface area contributed by atoms with Crippen molar-refractivity contribution in [2.75, 3.05) is 4.90 Å². The number of benzene rings is 4. The molecule has 6 aromatic rings. The number of aromatic hydroxyl groups is 1. The van der Waals surface area contributed by atoms with Gasteiger partial charge in [-0.1, -0.05) is 114 Å². The van der Waals surface area contributed by atoms with Crippen LogP contribution in [0.3, 0.4) is 0 Å². The molecule has 4 aromatic carbocycles. The number of rotatable bonds is 7. The lowest BCUT2D eigenvalue weighted by Gasteiger charge is -2.27. The topological polar surface area (TPSA) is 49.2 Å². The highest BCUT2D eigenvalue weighted by molar-refractivity contribution is 5.79. The van der Waals surface area contributed by atoms with Gasteiger partial charge in [0, 0.05) is 34.3 Å². The Morgan fingerprint density at radius 2 is 1.26 bits per heavy atom. The van der Waals surface area contributed by atoms with Crippen LogP contribution in [0.2, 0.25) is 0 Å². The van der Waals surface area contributed by atoms with E-state index in [0.29, 0.717) is 5.75 Å². The van der Waals surface area contributed by atoms with Crippen LogP contribution in [0.4, 0.5) is 17.2 Å². The second kappa shape index (κ2) is 12.9. The van der Waals surface area contributed by atoms with Crippen molar-refractivity contribution in [1.29, 1.82) is 0 Å². The van der Waals surface area contributed by atoms with Crippen molar-refractivity contribution in [3.05, 3.63) is 156 Å². The number of nitrogens with zero attached hydrogens (tertiary/aromatic N) is 3. The molecule has 6 rings (SSSR count). The number of hydrogen-bond donors (Lipinski definition) is 1. The number of phenols is 1. The summed E-state index contributed by atoms with van der Waals surface area (Å²) in [7, 11) is 0. The van der Waals surface area contributed by atoms with Crippen molar-refractivity contribution in [2.24, 2.45) is 0 Å². The molecule has 4 nitrogen and oxygen atoms in total. The van der Waals surface area contributed by atoms with E-state index in [9.17, 15) is 5.11 Å². The van der Waals surface area contributed by atoms with E-state index in [4.69, 9.17) is 9.97 Å². The summed E-state index contributed by atoms with van der Waals surface area (Å²) in [6.07, 6.45) is 2.57. The summed E-state index contributed by atoms with van der Waals surface area (Å²) in [4.78, 5) is 12.1. The van der Waals surface area contributed by atoms with Gasteiger partial charge in [0.2, 0.25) is 0 Å². The summed E-state index contributed by atoms with van der Waals surface area (Å²) >= 11 is 0. The SMILES string of the molecule is CC(C)(C)c1cc(-c2cc(Cc3ccccc3)cc(-c3cccc(N(c4ccccc4)c4ccccn4)c3)n2)c(O)c(C(C)(C)C)c1. The van der Waals surface area contributed by atoms with E-state index >= 15 is 0 Å². The molecule has 1 N–H and O–H groups in total. The molecule has 2 aromatic heterocycles. The lowest BCUT2D eigenvalue weighted by molar-refractivity contribution is 0.446. The van der Waals surface area contributed by atoms with Gasteiger partial charge in [-0.3, -0.25) is 4.90 Å². The molecule has 0 atom stereocenters. The van der Waals surface area contributed by atoms with Gasteiger partial charge in [-0.15, -0.1) is 0 Å². The number of aromatic nitrogens is 2. The third-order valence-corrected chi connectivity index (χ3v) is 8.49. The molecule has 0 bridgehead atoms. The van der Waals surface area contributed by atoms with Crippen molar-refractivity contribution >= 4 is 17.2 Å². The zero-order valence-electron chi connectivity index (χ0n) is 28.2. The van der Waals surface area contributed by atoms with Gasteiger partial charge in [0.1, 0.15) is 11.6 Å². The Balaban J connectivity index is 1.54. The highest BCUT2D eigenvalue weighted by atomic mass is 16.3. The van der Waals surface area contributed by atoms with E-state index in [1.54, 1.807) is 0 Å². The number of pyridine rings is 2. The molecule has 0 aliphatic rings. The molecule has 0 aliphatic carbocycles. The van der Waals surface area contributed by atoms with Crippen LogP contribution in [0.15, 0.2) is 134 Å². The molecule has 0 aliphatic heterocycles. The summed E-state index contributed by atoms with van der Waals surface area (Å²) in [6.45, 7) is 13.1. The Kier molecular flexibility index (Phi) is 8.70. The average Bonchev–Trinajstić information content (AvgIpc) is 3.05. The van der Waals surface area contributed by atoms with Gasteiger partial charge in [0.25, 0.3) is 0 Å². The Morgan fingerprint density at radius 3 is 1.91 bits per heavy atom. The van der Waals surface area contributed by atoms with Crippen molar-refractivity contribution in [2.45, 2.75) is 58.8 Å². The molecule has 4 heteroatoms. The molecule has 0 fully saturated rings. The predicted octanol–water partition coefficient (Wildman–Crippen LogP) is 11.2. The summed E-state index contributed by atoms with van der Waals surface area (Å²) in [5, 5.41) is 11.8. The molecule has 0 spiro atoms. The van der Waals surface area contributed by atoms with E-state index in [0.717, 1.165) is 57.3 Å². The summed E-state index contributed by atoms with van der Waals surface area (Å²) < 4.78 is 0. The molecule has 0 radical (unpaired) electrons. The van der Waals surface area contributed by atoms with Gasteiger partial charge in [-0.2, -0.15) is 0 Å². The normalized spacial score (nSPS) is 11.8. The van der Waals surface area contributed by atoms with Crippen LogP contribution in [0.1, 0.15) is 63.8 Å². The molecule has 0 saturated heterocycles. The van der Waals surface area contributed by atoms with Crippen molar-refractivity contribution < 1.29 is 5.11 Å². The Bertz CT molecular complexity index is 1930. The maximum atomic E-state index is 11.8. The zero-order chi connectivity index (χ0) is 33.2. The van der Waals surface area contributed by atoms with Gasteiger partial charge >= 0.3 is 0 Å². The number of phenolic OH excluding ortho intramolecular Hbond substituents is 1. The Labute approximate surface area is 279 Å². The van der Waals surface area contributed by atoms with Gasteiger partial charge in [0.05, 0.1) is 11.4 Å². The lowest BCUT2D eigenvalue weighted by atomic mass is 9.78. The maximum Gasteiger partial charge on any atom is 0.137 e. The molecule has 236 valence electrons. The number of anilines is 3. The van der Waals surface area contributed by atoms with Gasteiger partial charge in [-0.05, 0) is 88.5 Å². The highest BCUT2D eigenvalue weighted by Crippen LogP contribution is 2.43. The third-order valence-electron chi connectivity index (χ3n) is 8.49. The van der Waals surface area contributed by atoms with Gasteiger partial charge in [0.15, 0.2) is 0 Å². The first-order valence-electron chi connectivity index (χ1n) is 16.3. The smallest absolute Gasteiger partial charge is 0.137 e. The summed E-state index contributed by atoms with van der Waals surface area (Å²) in [5.41, 5.74) is 9.45. The first kappa shape index (κ1) is 31.7. The third kappa shape index (κ3) is 7.12. The van der Waals surface area contributed by atoms with Crippen LogP contribution in [0.5, 0.6) is 5.75 Å². The van der Waals surface area contributed by atoms with E-state index in [-0.39, 0.29) is 10.8 Å². The highest BCUT2D eigenvalue weighted by Gasteiger charge is 2.26. The van der Waals surface area contributed by atoms with Crippen LogP contribution < -0.4 is 4.90 Å². The maximum absolute atomic E-state index is 11.8. The molecule has 47 heavy (non-hydrogen) atoms. The van der Waals surface area contributed by atoms with E-state index in [2.05, 4.69) is 131 Å². The fraction of sp³-hybridized carbons (Fsp3) is 0.209. The second-order valence-corrected chi connectivity index (χ2v) is 14.2. The minimum atomic E-state index is -0.245. The van der Waals surface area contributed by atoms with Gasteiger partial charge in [-0.25, -0.2) is 9.97 Å². The Morgan fingerprint density at radius 1 is 0.596 bits per heavy atom. The second-order valence-electron chi connectivity index (χ2n) is 14.2. The molecular formula is C43H43N3O. The van der Waals surface area contributed by atoms with Crippen LogP contribution in [-0.2, 0) is 17.3 Å². The average molecular weight is 618 g/mol. The molecule has 2 heterocycles. The molecular weight excluding hydrogens is 574 g/mol. The van der Waals surface area contributed by atoms with Crippen LogP contribution in [-0.4, -0.2) is 15.1 Å². The molecule has 0 saturated carbocycles. The van der Waals surface area contributed by atoms with Crippen molar-refractivity contribution in [3.8, 4) is 28.3 Å². The first-order chi connectivity index (χ1) is 22.5. The minimum Gasteiger partial charge on any atom is -0.507 e. The minimum absolute atomic E-state index is 0.104. The monoisotopic (exact) mass is 617 g/mol.